The van der Waals surface area contributed by atoms with Crippen molar-refractivity contribution in [3.05, 3.63) is 29.8 Å². The van der Waals surface area contributed by atoms with Crippen molar-refractivity contribution in [3.8, 4) is 5.75 Å². The highest BCUT2D eigenvalue weighted by Gasteiger charge is 2.42. The van der Waals surface area contributed by atoms with Crippen LogP contribution in [0.15, 0.2) is 24.3 Å². The van der Waals surface area contributed by atoms with E-state index in [2.05, 4.69) is 5.32 Å². The van der Waals surface area contributed by atoms with Gasteiger partial charge in [-0.2, -0.15) is 0 Å². The molecule has 0 saturated carbocycles. The number of nitrogens with one attached hydrogen (secondary N) is 1. The molecule has 1 saturated heterocycles. The fourth-order valence-electron chi connectivity index (χ4n) is 2.46. The van der Waals surface area contributed by atoms with Crippen LogP contribution >= 0.6 is 12.2 Å². The van der Waals surface area contributed by atoms with Gasteiger partial charge in [0.15, 0.2) is 0 Å². The van der Waals surface area contributed by atoms with Crippen LogP contribution in [0.2, 0.25) is 0 Å². The van der Waals surface area contributed by atoms with Crippen molar-refractivity contribution in [3.63, 3.8) is 0 Å². The Hall–Kier alpha value is -1.66. The largest absolute Gasteiger partial charge is 0.508 e. The minimum Gasteiger partial charge on any atom is -0.508 e. The molecule has 1 aliphatic rings. The van der Waals surface area contributed by atoms with Crippen molar-refractivity contribution in [1.82, 2.24) is 5.32 Å². The standard InChI is InChI=1S/C15H20N2O3S/c16-13(21)15(6-9-20-10-7-15)14(19)17-8-5-11-1-3-12(18)4-2-11/h1-4,18H,5-10H2,(H2,16,21)(H,17,19). The average molecular weight is 308 g/mol. The average Bonchev–Trinajstić information content (AvgIpc) is 2.49. The Bertz CT molecular complexity index is 510. The first-order valence-corrected chi connectivity index (χ1v) is 7.39. The molecule has 1 fully saturated rings. The third kappa shape index (κ3) is 3.71. The van der Waals surface area contributed by atoms with Gasteiger partial charge in [0.25, 0.3) is 0 Å². The van der Waals surface area contributed by atoms with Gasteiger partial charge < -0.3 is 20.9 Å². The second-order valence-electron chi connectivity index (χ2n) is 5.23. The Kier molecular flexibility index (Phi) is 5.14. The second-order valence-corrected chi connectivity index (χ2v) is 5.67. The molecule has 6 heteroatoms. The predicted octanol–water partition coefficient (Wildman–Crippen LogP) is 1.13. The Morgan fingerprint density at radius 3 is 2.52 bits per heavy atom. The number of phenolic OH excluding ortho intramolecular Hbond substituents is 1. The van der Waals surface area contributed by atoms with Gasteiger partial charge in [-0.1, -0.05) is 24.4 Å². The number of phenols is 1. The van der Waals surface area contributed by atoms with Gasteiger partial charge in [-0.25, -0.2) is 0 Å². The molecule has 1 aromatic rings. The summed E-state index contributed by atoms with van der Waals surface area (Å²) in [4.78, 5) is 12.7. The highest BCUT2D eigenvalue weighted by atomic mass is 32.1. The molecule has 1 aromatic carbocycles. The summed E-state index contributed by atoms with van der Waals surface area (Å²) < 4.78 is 5.29. The lowest BCUT2D eigenvalue weighted by Crippen LogP contribution is -2.52. The first-order valence-electron chi connectivity index (χ1n) is 6.98. The third-order valence-electron chi connectivity index (χ3n) is 3.89. The molecule has 21 heavy (non-hydrogen) atoms. The number of benzene rings is 1. The summed E-state index contributed by atoms with van der Waals surface area (Å²) in [7, 11) is 0. The molecule has 1 aliphatic heterocycles. The zero-order chi connectivity index (χ0) is 15.3. The number of nitrogens with two attached hydrogens (primary N) is 1. The predicted molar refractivity (Wildman–Crippen MR) is 84.1 cm³/mol. The fourth-order valence-corrected chi connectivity index (χ4v) is 2.75. The van der Waals surface area contributed by atoms with E-state index in [0.717, 1.165) is 5.56 Å². The molecule has 1 amide bonds. The van der Waals surface area contributed by atoms with E-state index in [-0.39, 0.29) is 16.6 Å². The van der Waals surface area contributed by atoms with Crippen LogP contribution in [-0.2, 0) is 16.0 Å². The SMILES string of the molecule is NC(=S)C1(C(=O)NCCc2ccc(O)cc2)CCOCC1. The van der Waals surface area contributed by atoms with Gasteiger partial charge in [-0.15, -0.1) is 0 Å². The monoisotopic (exact) mass is 308 g/mol. The third-order valence-corrected chi connectivity index (χ3v) is 4.28. The Balaban J connectivity index is 1.90. The van der Waals surface area contributed by atoms with Crippen molar-refractivity contribution in [2.24, 2.45) is 11.1 Å². The first-order chi connectivity index (χ1) is 10.0. The van der Waals surface area contributed by atoms with Crippen LogP contribution in [0.25, 0.3) is 0 Å². The lowest BCUT2D eigenvalue weighted by Gasteiger charge is -2.34. The molecular formula is C15H20N2O3S. The molecular weight excluding hydrogens is 288 g/mol. The van der Waals surface area contributed by atoms with Crippen LogP contribution in [0, 0.1) is 5.41 Å². The number of ether oxygens (including phenoxy) is 1. The zero-order valence-corrected chi connectivity index (χ0v) is 12.6. The summed E-state index contributed by atoms with van der Waals surface area (Å²) in [5.41, 5.74) is 6.06. The Morgan fingerprint density at radius 2 is 1.95 bits per heavy atom. The van der Waals surface area contributed by atoms with Crippen LogP contribution in [0.4, 0.5) is 0 Å². The van der Waals surface area contributed by atoms with Crippen molar-refractivity contribution < 1.29 is 14.6 Å². The summed E-state index contributed by atoms with van der Waals surface area (Å²) in [5.74, 6) is 0.120. The van der Waals surface area contributed by atoms with E-state index in [4.69, 9.17) is 22.7 Å². The summed E-state index contributed by atoms with van der Waals surface area (Å²) in [5, 5.41) is 12.1. The summed E-state index contributed by atoms with van der Waals surface area (Å²) >= 11 is 5.10. The van der Waals surface area contributed by atoms with Gasteiger partial charge in [-0.3, -0.25) is 4.79 Å². The molecule has 114 valence electrons. The molecule has 1 heterocycles. The Labute approximate surface area is 129 Å². The zero-order valence-electron chi connectivity index (χ0n) is 11.8. The van der Waals surface area contributed by atoms with Crippen LogP contribution in [0.3, 0.4) is 0 Å². The number of hydrogen-bond donors (Lipinski definition) is 3. The van der Waals surface area contributed by atoms with E-state index >= 15 is 0 Å². The number of carbonyl (C=O) groups excluding carboxylic acids is 1. The highest BCUT2D eigenvalue weighted by molar-refractivity contribution is 7.80. The summed E-state index contributed by atoms with van der Waals surface area (Å²) in [6.07, 6.45) is 1.76. The van der Waals surface area contributed by atoms with Gasteiger partial charge >= 0.3 is 0 Å². The normalized spacial score (nSPS) is 17.1. The molecule has 5 nitrogen and oxygen atoms in total. The maximum atomic E-state index is 12.4. The van der Waals surface area contributed by atoms with Crippen LogP contribution in [-0.4, -0.2) is 35.8 Å². The number of thiocarbonyl (C=S) groups is 1. The number of rotatable bonds is 5. The van der Waals surface area contributed by atoms with E-state index in [9.17, 15) is 9.90 Å². The fraction of sp³-hybridized carbons (Fsp3) is 0.467. The number of amides is 1. The van der Waals surface area contributed by atoms with E-state index in [0.29, 0.717) is 39.0 Å². The van der Waals surface area contributed by atoms with Crippen molar-refractivity contribution in [2.75, 3.05) is 19.8 Å². The Morgan fingerprint density at radius 1 is 1.33 bits per heavy atom. The molecule has 0 spiro atoms. The van der Waals surface area contributed by atoms with Gasteiger partial charge in [0, 0.05) is 19.8 Å². The van der Waals surface area contributed by atoms with Gasteiger partial charge in [0.05, 0.1) is 4.99 Å². The maximum Gasteiger partial charge on any atom is 0.233 e. The van der Waals surface area contributed by atoms with Gasteiger partial charge in [-0.05, 0) is 37.0 Å². The number of carbonyl (C=O) groups is 1. The lowest BCUT2D eigenvalue weighted by atomic mass is 9.79. The number of hydrogen-bond acceptors (Lipinski definition) is 4. The van der Waals surface area contributed by atoms with E-state index in [1.807, 2.05) is 12.1 Å². The molecule has 0 bridgehead atoms. The van der Waals surface area contributed by atoms with Crippen LogP contribution < -0.4 is 11.1 Å². The first kappa shape index (κ1) is 15.7. The molecule has 4 N–H and O–H groups in total. The molecule has 2 rings (SSSR count). The van der Waals surface area contributed by atoms with Crippen molar-refractivity contribution in [2.45, 2.75) is 19.3 Å². The lowest BCUT2D eigenvalue weighted by molar-refractivity contribution is -0.131. The minimum absolute atomic E-state index is 0.114. The maximum absolute atomic E-state index is 12.4. The van der Waals surface area contributed by atoms with Crippen LogP contribution in [0.5, 0.6) is 5.75 Å². The molecule has 0 atom stereocenters. The van der Waals surface area contributed by atoms with E-state index < -0.39 is 5.41 Å². The minimum atomic E-state index is -0.775. The smallest absolute Gasteiger partial charge is 0.233 e. The van der Waals surface area contributed by atoms with Crippen LogP contribution in [0.1, 0.15) is 18.4 Å². The molecule has 0 aliphatic carbocycles. The van der Waals surface area contributed by atoms with E-state index in [1.165, 1.54) is 0 Å². The molecule has 0 aromatic heterocycles. The summed E-state index contributed by atoms with van der Waals surface area (Å²) in [6.45, 7) is 1.51. The second kappa shape index (κ2) is 6.87. The molecule has 0 radical (unpaired) electrons. The van der Waals surface area contributed by atoms with E-state index in [1.54, 1.807) is 12.1 Å². The van der Waals surface area contributed by atoms with Crippen molar-refractivity contribution >= 4 is 23.1 Å². The van der Waals surface area contributed by atoms with Gasteiger partial charge in [0.2, 0.25) is 5.91 Å². The quantitative estimate of drug-likeness (QED) is 0.710. The van der Waals surface area contributed by atoms with Crippen molar-refractivity contribution in [1.29, 1.82) is 0 Å². The van der Waals surface area contributed by atoms with Gasteiger partial charge in [0.1, 0.15) is 11.2 Å². The summed E-state index contributed by atoms with van der Waals surface area (Å²) in [6, 6.07) is 6.93. The highest BCUT2D eigenvalue weighted by Crippen LogP contribution is 2.31. The topological polar surface area (TPSA) is 84.6 Å². The number of aromatic hydroxyl groups is 1. The molecule has 0 unspecified atom stereocenters.